The summed E-state index contributed by atoms with van der Waals surface area (Å²) >= 11 is 0. The Balaban J connectivity index is 1.45. The average molecular weight is 382 g/mol. The van der Waals surface area contributed by atoms with Crippen LogP contribution in [-0.2, 0) is 0 Å². The lowest BCUT2D eigenvalue weighted by atomic mass is 9.97. The fourth-order valence-corrected chi connectivity index (χ4v) is 3.34. The molecule has 0 saturated carbocycles. The molecule has 28 heavy (non-hydrogen) atoms. The second-order valence-electron chi connectivity index (χ2n) is 8.24. The Hall–Kier alpha value is -2.50. The number of carbonyl (C=O) groups excluding carboxylic acids is 1. The van der Waals surface area contributed by atoms with Crippen molar-refractivity contribution in [2.45, 2.75) is 52.4 Å². The molecule has 6 heteroatoms. The fraction of sp³-hybridized carbons (Fsp3) is 0.545. The molecular weight excluding hydrogens is 350 g/mol. The van der Waals surface area contributed by atoms with Crippen molar-refractivity contribution in [1.82, 2.24) is 20.3 Å². The van der Waals surface area contributed by atoms with Gasteiger partial charge in [0.15, 0.2) is 0 Å². The summed E-state index contributed by atoms with van der Waals surface area (Å²) in [6.07, 6.45) is 7.70. The number of anilines is 1. The van der Waals surface area contributed by atoms with Crippen LogP contribution in [0.1, 0.15) is 74.0 Å². The average Bonchev–Trinajstić information content (AvgIpc) is 2.72. The standard InChI is InChI=1S/C22H31N5O/c1-15(2)18-5-6-20(23-12-18)21(28)24-11-17-7-9-27(10-8-17)22-25-13-19(14-26-22)16(3)4/h5-6,12-17H,7-11H2,1-4H3,(H,24,28). The van der Waals surface area contributed by atoms with E-state index in [-0.39, 0.29) is 5.91 Å². The third-order valence-corrected chi connectivity index (χ3v) is 5.46. The molecule has 0 unspecified atom stereocenters. The summed E-state index contributed by atoms with van der Waals surface area (Å²) in [5.74, 6) is 2.05. The number of hydrogen-bond donors (Lipinski definition) is 1. The highest BCUT2D eigenvalue weighted by molar-refractivity contribution is 5.92. The van der Waals surface area contributed by atoms with E-state index in [1.165, 1.54) is 0 Å². The van der Waals surface area contributed by atoms with Crippen LogP contribution in [0.4, 0.5) is 5.95 Å². The van der Waals surface area contributed by atoms with Gasteiger partial charge in [-0.2, -0.15) is 0 Å². The predicted molar refractivity (Wildman–Crippen MR) is 112 cm³/mol. The summed E-state index contributed by atoms with van der Waals surface area (Å²) in [4.78, 5) is 27.9. The van der Waals surface area contributed by atoms with Gasteiger partial charge in [0.1, 0.15) is 5.69 Å². The van der Waals surface area contributed by atoms with Gasteiger partial charge in [-0.05, 0) is 47.8 Å². The van der Waals surface area contributed by atoms with Crippen LogP contribution in [0.3, 0.4) is 0 Å². The first-order valence-corrected chi connectivity index (χ1v) is 10.2. The van der Waals surface area contributed by atoms with Gasteiger partial charge in [0.2, 0.25) is 5.95 Å². The molecule has 1 aliphatic heterocycles. The molecule has 0 atom stereocenters. The zero-order valence-corrected chi connectivity index (χ0v) is 17.4. The molecule has 0 radical (unpaired) electrons. The van der Waals surface area contributed by atoms with Crippen LogP contribution in [-0.4, -0.2) is 40.5 Å². The molecule has 6 nitrogen and oxygen atoms in total. The molecule has 0 spiro atoms. The molecule has 0 aliphatic carbocycles. The molecule has 1 aliphatic rings. The van der Waals surface area contributed by atoms with Gasteiger partial charge in [0.25, 0.3) is 5.91 Å². The zero-order valence-electron chi connectivity index (χ0n) is 17.4. The van der Waals surface area contributed by atoms with Crippen molar-refractivity contribution >= 4 is 11.9 Å². The van der Waals surface area contributed by atoms with E-state index in [0.717, 1.165) is 43.0 Å². The van der Waals surface area contributed by atoms with Gasteiger partial charge in [-0.15, -0.1) is 0 Å². The highest BCUT2D eigenvalue weighted by Gasteiger charge is 2.22. The molecule has 1 N–H and O–H groups in total. The largest absolute Gasteiger partial charge is 0.350 e. The summed E-state index contributed by atoms with van der Waals surface area (Å²) in [5.41, 5.74) is 2.80. The first-order chi connectivity index (χ1) is 13.4. The van der Waals surface area contributed by atoms with Gasteiger partial charge < -0.3 is 10.2 Å². The number of hydrogen-bond acceptors (Lipinski definition) is 5. The minimum absolute atomic E-state index is 0.0923. The number of nitrogens with zero attached hydrogens (tertiary/aromatic N) is 4. The monoisotopic (exact) mass is 381 g/mol. The zero-order chi connectivity index (χ0) is 20.1. The molecule has 0 aromatic carbocycles. The Kier molecular flexibility index (Phi) is 6.60. The second-order valence-corrected chi connectivity index (χ2v) is 8.24. The maximum atomic E-state index is 12.3. The normalized spacial score (nSPS) is 15.3. The lowest BCUT2D eigenvalue weighted by Crippen LogP contribution is -2.39. The van der Waals surface area contributed by atoms with Gasteiger partial charge in [-0.1, -0.05) is 33.8 Å². The molecule has 1 amide bonds. The summed E-state index contributed by atoms with van der Waals surface area (Å²) < 4.78 is 0. The number of pyridine rings is 1. The second kappa shape index (κ2) is 9.13. The molecule has 150 valence electrons. The number of aromatic nitrogens is 3. The van der Waals surface area contributed by atoms with Crippen molar-refractivity contribution in [3.8, 4) is 0 Å². The van der Waals surface area contributed by atoms with E-state index in [0.29, 0.717) is 30.0 Å². The van der Waals surface area contributed by atoms with Crippen LogP contribution < -0.4 is 10.2 Å². The Bertz CT molecular complexity index is 763. The minimum atomic E-state index is -0.0923. The van der Waals surface area contributed by atoms with E-state index in [9.17, 15) is 4.79 Å². The van der Waals surface area contributed by atoms with Crippen molar-refractivity contribution in [3.05, 3.63) is 47.5 Å². The highest BCUT2D eigenvalue weighted by atomic mass is 16.1. The van der Waals surface area contributed by atoms with Crippen molar-refractivity contribution in [3.63, 3.8) is 0 Å². The summed E-state index contributed by atoms with van der Waals surface area (Å²) in [6.45, 7) is 11.1. The summed E-state index contributed by atoms with van der Waals surface area (Å²) in [6, 6.07) is 3.79. The van der Waals surface area contributed by atoms with E-state index in [1.807, 2.05) is 24.5 Å². The number of amides is 1. The Morgan fingerprint density at radius 2 is 1.61 bits per heavy atom. The minimum Gasteiger partial charge on any atom is -0.350 e. The molecule has 1 saturated heterocycles. The van der Waals surface area contributed by atoms with Crippen LogP contribution in [0.25, 0.3) is 0 Å². The Morgan fingerprint density at radius 1 is 1.00 bits per heavy atom. The van der Waals surface area contributed by atoms with Gasteiger partial charge in [-0.25, -0.2) is 9.97 Å². The van der Waals surface area contributed by atoms with Gasteiger partial charge >= 0.3 is 0 Å². The lowest BCUT2D eigenvalue weighted by molar-refractivity contribution is 0.0940. The van der Waals surface area contributed by atoms with E-state index in [4.69, 9.17) is 0 Å². The fourth-order valence-electron chi connectivity index (χ4n) is 3.34. The summed E-state index contributed by atoms with van der Waals surface area (Å²) in [7, 11) is 0. The van der Waals surface area contributed by atoms with Crippen LogP contribution in [0, 0.1) is 5.92 Å². The number of piperidine rings is 1. The maximum Gasteiger partial charge on any atom is 0.269 e. The topological polar surface area (TPSA) is 71.0 Å². The van der Waals surface area contributed by atoms with Crippen LogP contribution in [0.5, 0.6) is 0 Å². The first kappa shape index (κ1) is 20.2. The Labute approximate surface area is 167 Å². The van der Waals surface area contributed by atoms with E-state index >= 15 is 0 Å². The molecule has 0 bridgehead atoms. The highest BCUT2D eigenvalue weighted by Crippen LogP contribution is 2.21. The SMILES string of the molecule is CC(C)c1ccc(C(=O)NCC2CCN(c3ncc(C(C)C)cn3)CC2)nc1. The van der Waals surface area contributed by atoms with Crippen LogP contribution in [0.2, 0.25) is 0 Å². The number of rotatable bonds is 6. The molecular formula is C22H31N5O. The van der Waals surface area contributed by atoms with Gasteiger partial charge in [0, 0.05) is 38.2 Å². The molecule has 2 aromatic rings. The van der Waals surface area contributed by atoms with Crippen molar-refractivity contribution in [1.29, 1.82) is 0 Å². The molecule has 3 heterocycles. The van der Waals surface area contributed by atoms with Gasteiger partial charge in [-0.3, -0.25) is 9.78 Å². The molecule has 3 rings (SSSR count). The van der Waals surface area contributed by atoms with Crippen LogP contribution in [0.15, 0.2) is 30.7 Å². The quantitative estimate of drug-likeness (QED) is 0.825. The maximum absolute atomic E-state index is 12.3. The van der Waals surface area contributed by atoms with E-state index in [1.54, 1.807) is 6.20 Å². The predicted octanol–water partition coefficient (Wildman–Crippen LogP) is 3.76. The van der Waals surface area contributed by atoms with E-state index in [2.05, 4.69) is 52.9 Å². The third-order valence-electron chi connectivity index (χ3n) is 5.46. The third kappa shape index (κ3) is 5.06. The molecule has 1 fully saturated rings. The lowest BCUT2D eigenvalue weighted by Gasteiger charge is -2.32. The van der Waals surface area contributed by atoms with Crippen LogP contribution >= 0.6 is 0 Å². The molecule has 2 aromatic heterocycles. The van der Waals surface area contributed by atoms with Gasteiger partial charge in [0.05, 0.1) is 0 Å². The summed E-state index contributed by atoms with van der Waals surface area (Å²) in [5, 5.41) is 3.04. The smallest absolute Gasteiger partial charge is 0.269 e. The van der Waals surface area contributed by atoms with Crippen molar-refractivity contribution < 1.29 is 4.79 Å². The first-order valence-electron chi connectivity index (χ1n) is 10.2. The van der Waals surface area contributed by atoms with Crippen molar-refractivity contribution in [2.75, 3.05) is 24.5 Å². The Morgan fingerprint density at radius 3 is 2.14 bits per heavy atom. The number of carbonyl (C=O) groups is 1. The number of nitrogens with one attached hydrogen (secondary N) is 1. The van der Waals surface area contributed by atoms with Crippen molar-refractivity contribution in [2.24, 2.45) is 5.92 Å². The van der Waals surface area contributed by atoms with E-state index < -0.39 is 0 Å².